The van der Waals surface area contributed by atoms with Crippen molar-refractivity contribution >= 4 is 15.7 Å². The zero-order chi connectivity index (χ0) is 14.8. The molecule has 0 saturated carbocycles. The maximum Gasteiger partial charge on any atom is 0.245 e. The lowest BCUT2D eigenvalue weighted by Gasteiger charge is -2.19. The molecule has 0 aliphatic carbocycles. The fourth-order valence-electron chi connectivity index (χ4n) is 2.51. The van der Waals surface area contributed by atoms with E-state index in [4.69, 9.17) is 0 Å². The zero-order valence-corrected chi connectivity index (χ0v) is 13.3. The summed E-state index contributed by atoms with van der Waals surface area (Å²) >= 11 is 0. The molecule has 5 heteroatoms. The maximum absolute atomic E-state index is 12.8. The number of benzene rings is 1. The lowest BCUT2D eigenvalue weighted by atomic mass is 10.0. The molecule has 1 aliphatic rings. The van der Waals surface area contributed by atoms with Crippen LogP contribution in [0.4, 0.5) is 5.69 Å². The SMILES string of the molecule is CCCNc1ccccc1S(=O)(=O)N1CC(C)C(C)C1. The quantitative estimate of drug-likeness (QED) is 0.909. The first-order chi connectivity index (χ1) is 9.46. The van der Waals surface area contributed by atoms with E-state index in [0.29, 0.717) is 35.5 Å². The number of nitrogens with zero attached hydrogens (tertiary/aromatic N) is 1. The third-order valence-corrected chi connectivity index (χ3v) is 5.91. The van der Waals surface area contributed by atoms with E-state index in [2.05, 4.69) is 26.1 Å². The van der Waals surface area contributed by atoms with Crippen LogP contribution in [0.3, 0.4) is 0 Å². The van der Waals surface area contributed by atoms with Crippen LogP contribution in [0.25, 0.3) is 0 Å². The van der Waals surface area contributed by atoms with Gasteiger partial charge >= 0.3 is 0 Å². The number of sulfonamides is 1. The van der Waals surface area contributed by atoms with Gasteiger partial charge in [-0.2, -0.15) is 4.31 Å². The molecule has 1 aromatic carbocycles. The van der Waals surface area contributed by atoms with Crippen LogP contribution in [0.15, 0.2) is 29.2 Å². The van der Waals surface area contributed by atoms with Gasteiger partial charge in [0.25, 0.3) is 0 Å². The number of hydrogen-bond acceptors (Lipinski definition) is 3. The highest BCUT2D eigenvalue weighted by molar-refractivity contribution is 7.89. The minimum Gasteiger partial charge on any atom is -0.384 e. The molecule has 1 aromatic rings. The van der Waals surface area contributed by atoms with Crippen LogP contribution >= 0.6 is 0 Å². The van der Waals surface area contributed by atoms with Crippen LogP contribution in [-0.4, -0.2) is 32.4 Å². The number of anilines is 1. The van der Waals surface area contributed by atoms with E-state index in [-0.39, 0.29) is 0 Å². The highest BCUT2D eigenvalue weighted by atomic mass is 32.2. The Morgan fingerprint density at radius 3 is 2.40 bits per heavy atom. The predicted octanol–water partition coefficient (Wildman–Crippen LogP) is 2.79. The molecule has 1 fully saturated rings. The summed E-state index contributed by atoms with van der Waals surface area (Å²) in [5.74, 6) is 0.834. The second kappa shape index (κ2) is 6.14. The normalized spacial score (nSPS) is 23.9. The van der Waals surface area contributed by atoms with Crippen molar-refractivity contribution in [3.05, 3.63) is 24.3 Å². The molecule has 0 radical (unpaired) electrons. The van der Waals surface area contributed by atoms with Crippen LogP contribution in [0.2, 0.25) is 0 Å². The molecular formula is C15H24N2O2S. The largest absolute Gasteiger partial charge is 0.384 e. The number of para-hydroxylation sites is 1. The van der Waals surface area contributed by atoms with Gasteiger partial charge in [0.2, 0.25) is 10.0 Å². The fourth-order valence-corrected chi connectivity index (χ4v) is 4.32. The molecule has 2 rings (SSSR count). The molecule has 2 atom stereocenters. The van der Waals surface area contributed by atoms with Crippen LogP contribution in [0.5, 0.6) is 0 Å². The summed E-state index contributed by atoms with van der Waals surface area (Å²) in [6.45, 7) is 8.30. The van der Waals surface area contributed by atoms with E-state index in [9.17, 15) is 8.42 Å². The summed E-state index contributed by atoms with van der Waals surface area (Å²) in [7, 11) is -3.39. The van der Waals surface area contributed by atoms with E-state index in [1.165, 1.54) is 0 Å². The van der Waals surface area contributed by atoms with Gasteiger partial charge in [-0.25, -0.2) is 8.42 Å². The van der Waals surface area contributed by atoms with Crippen molar-refractivity contribution in [1.29, 1.82) is 0 Å². The van der Waals surface area contributed by atoms with Crippen LogP contribution < -0.4 is 5.32 Å². The second-order valence-corrected chi connectivity index (χ2v) is 7.61. The van der Waals surface area contributed by atoms with E-state index < -0.39 is 10.0 Å². The maximum atomic E-state index is 12.8. The molecule has 1 aliphatic heterocycles. The Morgan fingerprint density at radius 2 is 1.80 bits per heavy atom. The highest BCUT2D eigenvalue weighted by Gasteiger charge is 2.35. The average molecular weight is 296 g/mol. The molecule has 0 bridgehead atoms. The molecule has 20 heavy (non-hydrogen) atoms. The first-order valence-electron chi connectivity index (χ1n) is 7.30. The van der Waals surface area contributed by atoms with Gasteiger partial charge in [0, 0.05) is 19.6 Å². The third kappa shape index (κ3) is 2.99. The van der Waals surface area contributed by atoms with Gasteiger partial charge in [-0.15, -0.1) is 0 Å². The molecule has 0 aromatic heterocycles. The van der Waals surface area contributed by atoms with Crippen molar-refractivity contribution in [1.82, 2.24) is 4.31 Å². The molecule has 0 amide bonds. The molecule has 2 unspecified atom stereocenters. The Bertz CT molecular complexity index is 547. The van der Waals surface area contributed by atoms with Gasteiger partial charge in [-0.3, -0.25) is 0 Å². The van der Waals surface area contributed by atoms with Crippen LogP contribution in [-0.2, 0) is 10.0 Å². The second-order valence-electron chi connectivity index (χ2n) is 5.70. The van der Waals surface area contributed by atoms with Crippen molar-refractivity contribution in [3.8, 4) is 0 Å². The first kappa shape index (κ1) is 15.3. The van der Waals surface area contributed by atoms with E-state index >= 15 is 0 Å². The van der Waals surface area contributed by atoms with Gasteiger partial charge in [-0.05, 0) is 30.4 Å². The van der Waals surface area contributed by atoms with Crippen molar-refractivity contribution in [2.75, 3.05) is 25.0 Å². The number of hydrogen-bond donors (Lipinski definition) is 1. The monoisotopic (exact) mass is 296 g/mol. The van der Waals surface area contributed by atoms with Gasteiger partial charge < -0.3 is 5.32 Å². The Balaban J connectivity index is 2.30. The topological polar surface area (TPSA) is 49.4 Å². The van der Waals surface area contributed by atoms with Crippen LogP contribution in [0.1, 0.15) is 27.2 Å². The molecular weight excluding hydrogens is 272 g/mol. The summed E-state index contributed by atoms with van der Waals surface area (Å²) in [5, 5.41) is 3.21. The van der Waals surface area contributed by atoms with Crippen molar-refractivity contribution in [2.45, 2.75) is 32.1 Å². The van der Waals surface area contributed by atoms with E-state index in [0.717, 1.165) is 13.0 Å². The Labute approximate surface area is 122 Å². The summed E-state index contributed by atoms with van der Waals surface area (Å²) < 4.78 is 27.2. The summed E-state index contributed by atoms with van der Waals surface area (Å²) in [6.07, 6.45) is 0.964. The van der Waals surface area contributed by atoms with E-state index in [1.54, 1.807) is 16.4 Å². The van der Waals surface area contributed by atoms with Gasteiger partial charge in [0.05, 0.1) is 5.69 Å². The minimum atomic E-state index is -3.39. The Morgan fingerprint density at radius 1 is 1.20 bits per heavy atom. The molecule has 1 N–H and O–H groups in total. The smallest absolute Gasteiger partial charge is 0.245 e. The van der Waals surface area contributed by atoms with Crippen LogP contribution in [0, 0.1) is 11.8 Å². The van der Waals surface area contributed by atoms with E-state index in [1.807, 2.05) is 12.1 Å². The summed E-state index contributed by atoms with van der Waals surface area (Å²) in [5.41, 5.74) is 0.710. The number of rotatable bonds is 5. The van der Waals surface area contributed by atoms with Gasteiger partial charge in [0.15, 0.2) is 0 Å². The molecule has 4 nitrogen and oxygen atoms in total. The summed E-state index contributed by atoms with van der Waals surface area (Å²) in [6, 6.07) is 7.19. The lowest BCUT2D eigenvalue weighted by Crippen LogP contribution is -2.29. The average Bonchev–Trinajstić information content (AvgIpc) is 2.77. The lowest BCUT2D eigenvalue weighted by molar-refractivity contribution is 0.463. The molecule has 112 valence electrons. The predicted molar refractivity (Wildman–Crippen MR) is 82.3 cm³/mol. The summed E-state index contributed by atoms with van der Waals surface area (Å²) in [4.78, 5) is 0.398. The van der Waals surface area contributed by atoms with Crippen molar-refractivity contribution in [3.63, 3.8) is 0 Å². The fraction of sp³-hybridized carbons (Fsp3) is 0.600. The Kier molecular flexibility index (Phi) is 4.70. The van der Waals surface area contributed by atoms with Crippen molar-refractivity contribution in [2.24, 2.45) is 11.8 Å². The number of nitrogens with one attached hydrogen (secondary N) is 1. The Hall–Kier alpha value is -1.07. The highest BCUT2D eigenvalue weighted by Crippen LogP contribution is 2.31. The minimum absolute atomic E-state index is 0.398. The molecule has 0 spiro atoms. The first-order valence-corrected chi connectivity index (χ1v) is 8.74. The molecule has 1 saturated heterocycles. The van der Waals surface area contributed by atoms with Gasteiger partial charge in [0.1, 0.15) is 4.90 Å². The standard InChI is InChI=1S/C15H24N2O2S/c1-4-9-16-14-7-5-6-8-15(14)20(18,19)17-10-12(2)13(3)11-17/h5-8,12-13,16H,4,9-11H2,1-3H3. The zero-order valence-electron chi connectivity index (χ0n) is 12.5. The van der Waals surface area contributed by atoms with Gasteiger partial charge in [-0.1, -0.05) is 32.9 Å². The van der Waals surface area contributed by atoms with Crippen molar-refractivity contribution < 1.29 is 8.42 Å². The molecule has 1 heterocycles. The third-order valence-electron chi connectivity index (χ3n) is 4.02.